The highest BCUT2D eigenvalue weighted by Gasteiger charge is 2.24. The highest BCUT2D eigenvalue weighted by molar-refractivity contribution is 6.12. The molecule has 4 heterocycles. The Morgan fingerprint density at radius 3 is 1.02 bits per heavy atom. The minimum absolute atomic E-state index is 0.557. The third kappa shape index (κ3) is 10.7. The van der Waals surface area contributed by atoms with Crippen LogP contribution in [-0.2, 0) is 0 Å². The first-order valence-corrected chi connectivity index (χ1v) is 33.4. The molecule has 0 radical (unpaired) electrons. The highest BCUT2D eigenvalue weighted by Crippen LogP contribution is 2.44. The Labute approximate surface area is 569 Å². The number of hydrogen-bond donors (Lipinski definition) is 0. The maximum atomic E-state index is 5.45. The molecule has 0 aliphatic rings. The maximum absolute atomic E-state index is 5.45. The van der Waals surface area contributed by atoms with Crippen molar-refractivity contribution in [3.8, 4) is 124 Å². The van der Waals surface area contributed by atoms with Gasteiger partial charge in [0, 0.05) is 60.6 Å². The SMILES string of the molecule is Cc1cc(C)c(-c2ccc3c(c2)c2ccccc2n3-c2cc(-c3cccc(-c4ccc(-n5c6ccccc6c6cc(-c7c(C)cc(C)cc7C)ccc65)c(-c5nc(-c6ccccc6)nc(-c6ccccc6)n5)c4)c3)cc(-c3nc(-c4ccccc4)nc(-c4ccccc4)n3)c2)c(C)c1. The maximum Gasteiger partial charge on any atom is 0.166 e. The molecule has 0 saturated heterocycles. The molecule has 17 rings (SSSR count). The van der Waals surface area contributed by atoms with Crippen molar-refractivity contribution in [3.63, 3.8) is 0 Å². The third-order valence-corrected chi connectivity index (χ3v) is 19.1. The van der Waals surface area contributed by atoms with Gasteiger partial charge in [0.1, 0.15) is 0 Å². The van der Waals surface area contributed by atoms with Crippen LogP contribution < -0.4 is 0 Å². The van der Waals surface area contributed by atoms with Crippen molar-refractivity contribution in [3.05, 3.63) is 325 Å². The van der Waals surface area contributed by atoms with E-state index >= 15 is 0 Å². The summed E-state index contributed by atoms with van der Waals surface area (Å²) in [4.78, 5) is 31.9. The molecule has 13 aromatic carbocycles. The summed E-state index contributed by atoms with van der Waals surface area (Å²) in [5.41, 5.74) is 28.1. The Morgan fingerprint density at radius 2 is 0.551 bits per heavy atom. The van der Waals surface area contributed by atoms with Gasteiger partial charge in [-0.25, -0.2) is 29.9 Å². The van der Waals surface area contributed by atoms with Gasteiger partial charge in [0.25, 0.3) is 0 Å². The van der Waals surface area contributed by atoms with E-state index in [2.05, 4.69) is 269 Å². The second kappa shape index (κ2) is 24.4. The zero-order valence-corrected chi connectivity index (χ0v) is 55.3. The van der Waals surface area contributed by atoms with E-state index in [0.717, 1.165) is 99.8 Å². The summed E-state index contributed by atoms with van der Waals surface area (Å²) in [6.07, 6.45) is 0. The van der Waals surface area contributed by atoms with Crippen molar-refractivity contribution in [2.75, 3.05) is 0 Å². The Bertz CT molecular complexity index is 5830. The fourth-order valence-electron chi connectivity index (χ4n) is 14.9. The lowest BCUT2D eigenvalue weighted by Crippen LogP contribution is -2.04. The predicted molar refractivity (Wildman–Crippen MR) is 405 cm³/mol. The average Bonchev–Trinajstić information content (AvgIpc) is 1.57. The summed E-state index contributed by atoms with van der Waals surface area (Å²) < 4.78 is 4.80. The zero-order chi connectivity index (χ0) is 66.1. The van der Waals surface area contributed by atoms with E-state index in [0.29, 0.717) is 34.9 Å². The van der Waals surface area contributed by atoms with Gasteiger partial charge >= 0.3 is 0 Å². The summed E-state index contributed by atoms with van der Waals surface area (Å²) in [7, 11) is 0. The molecule has 0 saturated carbocycles. The van der Waals surface area contributed by atoms with Crippen molar-refractivity contribution in [2.45, 2.75) is 41.5 Å². The van der Waals surface area contributed by atoms with Gasteiger partial charge in [-0.05, 0) is 181 Å². The monoisotopic (exact) mass is 1260 g/mol. The van der Waals surface area contributed by atoms with Crippen molar-refractivity contribution < 1.29 is 0 Å². The first-order chi connectivity index (χ1) is 48.0. The quantitative estimate of drug-likeness (QED) is 0.121. The lowest BCUT2D eigenvalue weighted by molar-refractivity contribution is 1.06. The average molecular weight is 1260 g/mol. The van der Waals surface area contributed by atoms with E-state index in [1.165, 1.54) is 66.4 Å². The van der Waals surface area contributed by atoms with E-state index in [1.54, 1.807) is 0 Å². The number of hydrogen-bond acceptors (Lipinski definition) is 6. The van der Waals surface area contributed by atoms with Crippen LogP contribution in [0.4, 0.5) is 0 Å². The standard InChI is InChI=1S/C90H66N8/c1-55-44-57(3)83(58(4)45-55)68-39-42-80-75(53-68)73-34-19-21-36-78(73)97(80)72-50-70(49-71(51-72)89-93-85(61-24-11-7-12-25-61)91-86(94-89)62-26-13-8-14-27-62)66-33-23-32-65(48-66)67-38-41-82(77(52-67)90-95-87(63-28-15-9-16-29-63)92-88(96-90)64-30-17-10-18-31-64)98-79-37-22-20-35-74(79)76-54-69(40-43-81(76)98)84-59(5)46-56(2)47-60(84)6/h7-54H,1-6H3. The van der Waals surface area contributed by atoms with Crippen molar-refractivity contribution in [1.82, 2.24) is 39.0 Å². The van der Waals surface area contributed by atoms with Crippen LogP contribution in [0.15, 0.2) is 291 Å². The molecule has 17 aromatic rings. The third-order valence-electron chi connectivity index (χ3n) is 19.1. The molecule has 8 heteroatoms. The van der Waals surface area contributed by atoms with Crippen LogP contribution in [0.3, 0.4) is 0 Å². The topological polar surface area (TPSA) is 87.2 Å². The van der Waals surface area contributed by atoms with Crippen LogP contribution in [0.5, 0.6) is 0 Å². The molecule has 466 valence electrons. The minimum atomic E-state index is 0.557. The predicted octanol–water partition coefficient (Wildman–Crippen LogP) is 22.8. The van der Waals surface area contributed by atoms with Gasteiger partial charge in [0.05, 0.1) is 27.8 Å². The van der Waals surface area contributed by atoms with Crippen LogP contribution in [0.1, 0.15) is 33.4 Å². The second-order valence-electron chi connectivity index (χ2n) is 25.9. The number of nitrogens with zero attached hydrogens (tertiary/aromatic N) is 8. The molecule has 0 unspecified atom stereocenters. The molecule has 0 aliphatic heterocycles. The Kier molecular flexibility index (Phi) is 14.7. The summed E-state index contributed by atoms with van der Waals surface area (Å²) in [5, 5.41) is 4.66. The van der Waals surface area contributed by atoms with Crippen LogP contribution >= 0.6 is 0 Å². The van der Waals surface area contributed by atoms with E-state index < -0.39 is 0 Å². The van der Waals surface area contributed by atoms with Crippen LogP contribution in [0.2, 0.25) is 0 Å². The molecule has 0 N–H and O–H groups in total. The molecule has 4 aromatic heterocycles. The number of para-hydroxylation sites is 2. The number of benzene rings is 13. The Morgan fingerprint density at radius 1 is 0.214 bits per heavy atom. The van der Waals surface area contributed by atoms with Crippen LogP contribution in [0.25, 0.3) is 168 Å². The van der Waals surface area contributed by atoms with Gasteiger partial charge in [-0.3, -0.25) is 0 Å². The van der Waals surface area contributed by atoms with Gasteiger partial charge in [-0.1, -0.05) is 230 Å². The fourth-order valence-corrected chi connectivity index (χ4v) is 14.9. The highest BCUT2D eigenvalue weighted by atomic mass is 15.1. The molecule has 0 aliphatic carbocycles. The van der Waals surface area contributed by atoms with E-state index in [1.807, 2.05) is 72.8 Å². The number of aromatic nitrogens is 8. The smallest absolute Gasteiger partial charge is 0.166 e. The molecule has 0 amide bonds. The van der Waals surface area contributed by atoms with Gasteiger partial charge in [0.15, 0.2) is 34.9 Å². The van der Waals surface area contributed by atoms with Gasteiger partial charge < -0.3 is 9.13 Å². The molecular weight excluding hydrogens is 1190 g/mol. The summed E-state index contributed by atoms with van der Waals surface area (Å²) >= 11 is 0. The number of fused-ring (bicyclic) bond motifs is 6. The number of rotatable bonds is 12. The Balaban J connectivity index is 0.884. The summed E-state index contributed by atoms with van der Waals surface area (Å²) in [6.45, 7) is 13.2. The Hall–Kier alpha value is -12.5. The molecule has 98 heavy (non-hydrogen) atoms. The van der Waals surface area contributed by atoms with Crippen molar-refractivity contribution in [1.29, 1.82) is 0 Å². The summed E-state index contributed by atoms with van der Waals surface area (Å²) in [6, 6.07) is 104. The molecule has 0 atom stereocenters. The first-order valence-electron chi connectivity index (χ1n) is 33.4. The van der Waals surface area contributed by atoms with Gasteiger partial charge in [-0.2, -0.15) is 0 Å². The van der Waals surface area contributed by atoms with Gasteiger partial charge in [0.2, 0.25) is 0 Å². The molecule has 0 fully saturated rings. The number of aryl methyl sites for hydroxylation is 6. The lowest BCUT2D eigenvalue weighted by atomic mass is 9.93. The largest absolute Gasteiger partial charge is 0.309 e. The van der Waals surface area contributed by atoms with Crippen LogP contribution in [-0.4, -0.2) is 39.0 Å². The second-order valence-corrected chi connectivity index (χ2v) is 25.9. The molecule has 0 bridgehead atoms. The zero-order valence-electron chi connectivity index (χ0n) is 55.3. The molecule has 0 spiro atoms. The molecule has 8 nitrogen and oxygen atoms in total. The summed E-state index contributed by atoms with van der Waals surface area (Å²) in [5.74, 6) is 3.48. The van der Waals surface area contributed by atoms with E-state index in [9.17, 15) is 0 Å². The van der Waals surface area contributed by atoms with E-state index in [-0.39, 0.29) is 0 Å². The van der Waals surface area contributed by atoms with E-state index in [4.69, 9.17) is 29.9 Å². The normalized spacial score (nSPS) is 11.6. The fraction of sp³-hybridized carbons (Fsp3) is 0.0667. The molecular formula is C90H66N8. The van der Waals surface area contributed by atoms with Crippen LogP contribution in [0, 0.1) is 41.5 Å². The lowest BCUT2D eigenvalue weighted by Gasteiger charge is -2.17. The van der Waals surface area contributed by atoms with Crippen molar-refractivity contribution >= 4 is 43.6 Å². The van der Waals surface area contributed by atoms with Crippen molar-refractivity contribution in [2.24, 2.45) is 0 Å². The minimum Gasteiger partial charge on any atom is -0.309 e. The van der Waals surface area contributed by atoms with Gasteiger partial charge in [-0.15, -0.1) is 0 Å². The first kappa shape index (κ1) is 59.2.